The summed E-state index contributed by atoms with van der Waals surface area (Å²) < 4.78 is 11.0. The highest BCUT2D eigenvalue weighted by molar-refractivity contribution is 5.94. The average molecular weight is 307 g/mol. The Hall–Kier alpha value is -1.55. The van der Waals surface area contributed by atoms with Crippen LogP contribution in [-0.2, 0) is 11.3 Å². The molecule has 1 rings (SSSR count). The van der Waals surface area contributed by atoms with Crippen molar-refractivity contribution in [3.8, 4) is 5.75 Å². The second-order valence-electron chi connectivity index (χ2n) is 5.87. The third-order valence-corrected chi connectivity index (χ3v) is 3.45. The molecule has 0 aliphatic heterocycles. The minimum atomic E-state index is -0.0434. The molecular formula is C18H29NO3. The highest BCUT2D eigenvalue weighted by Crippen LogP contribution is 2.21. The molecule has 0 radical (unpaired) electrons. The molecule has 22 heavy (non-hydrogen) atoms. The summed E-state index contributed by atoms with van der Waals surface area (Å²) in [5.74, 6) is 1.30. The lowest BCUT2D eigenvalue weighted by Crippen LogP contribution is -2.25. The smallest absolute Gasteiger partial charge is 0.251 e. The fourth-order valence-corrected chi connectivity index (χ4v) is 2.04. The Balaban J connectivity index is 2.65. The number of unbranched alkanes of at least 4 members (excludes halogenated alkanes) is 1. The molecule has 0 atom stereocenters. The van der Waals surface area contributed by atoms with E-state index in [1.165, 1.54) is 0 Å². The van der Waals surface area contributed by atoms with Gasteiger partial charge in [-0.2, -0.15) is 0 Å². The summed E-state index contributed by atoms with van der Waals surface area (Å²) in [5.41, 5.74) is 1.56. The zero-order valence-corrected chi connectivity index (χ0v) is 14.3. The van der Waals surface area contributed by atoms with Gasteiger partial charge in [0.05, 0.1) is 13.7 Å². The number of ether oxygens (including phenoxy) is 2. The first-order valence-corrected chi connectivity index (χ1v) is 8.11. The number of amides is 1. The summed E-state index contributed by atoms with van der Waals surface area (Å²) in [6.07, 6.45) is 3.13. The molecule has 0 heterocycles. The third kappa shape index (κ3) is 6.48. The molecular weight excluding hydrogens is 278 g/mol. The molecule has 4 nitrogen and oxygen atoms in total. The molecule has 0 fully saturated rings. The number of nitrogens with one attached hydrogen (secondary N) is 1. The first-order valence-electron chi connectivity index (χ1n) is 8.11. The highest BCUT2D eigenvalue weighted by atomic mass is 16.5. The Morgan fingerprint density at radius 1 is 1.32 bits per heavy atom. The number of carbonyl (C=O) groups excluding carboxylic acids is 1. The molecule has 1 aromatic rings. The van der Waals surface area contributed by atoms with Gasteiger partial charge in [-0.25, -0.2) is 0 Å². The van der Waals surface area contributed by atoms with Crippen LogP contribution in [0.15, 0.2) is 18.2 Å². The number of methoxy groups -OCH3 is 1. The van der Waals surface area contributed by atoms with E-state index in [0.29, 0.717) is 24.6 Å². The lowest BCUT2D eigenvalue weighted by Gasteiger charge is -2.12. The van der Waals surface area contributed by atoms with Crippen molar-refractivity contribution in [1.29, 1.82) is 0 Å². The van der Waals surface area contributed by atoms with E-state index in [9.17, 15) is 4.79 Å². The van der Waals surface area contributed by atoms with Crippen LogP contribution >= 0.6 is 0 Å². The number of carbonyl (C=O) groups is 1. The van der Waals surface area contributed by atoms with Gasteiger partial charge in [-0.05, 0) is 37.0 Å². The van der Waals surface area contributed by atoms with Gasteiger partial charge < -0.3 is 14.8 Å². The van der Waals surface area contributed by atoms with Gasteiger partial charge in [-0.1, -0.05) is 27.2 Å². The minimum Gasteiger partial charge on any atom is -0.496 e. The Morgan fingerprint density at radius 2 is 2.09 bits per heavy atom. The highest BCUT2D eigenvalue weighted by Gasteiger charge is 2.10. The van der Waals surface area contributed by atoms with Crippen LogP contribution in [0.5, 0.6) is 5.75 Å². The van der Waals surface area contributed by atoms with Crippen molar-refractivity contribution in [2.75, 3.05) is 20.3 Å². The fraction of sp³-hybridized carbons (Fsp3) is 0.611. The second kappa shape index (κ2) is 10.2. The van der Waals surface area contributed by atoms with E-state index in [0.717, 1.165) is 37.2 Å². The monoisotopic (exact) mass is 307 g/mol. The van der Waals surface area contributed by atoms with Gasteiger partial charge in [0.2, 0.25) is 0 Å². The van der Waals surface area contributed by atoms with Crippen LogP contribution in [0, 0.1) is 5.92 Å². The van der Waals surface area contributed by atoms with E-state index in [4.69, 9.17) is 9.47 Å². The number of hydrogen-bond donors (Lipinski definition) is 1. The summed E-state index contributed by atoms with van der Waals surface area (Å²) in [7, 11) is 1.63. The maximum absolute atomic E-state index is 12.2. The maximum atomic E-state index is 12.2. The molecule has 0 aliphatic rings. The standard InChI is InChI=1S/C18H29NO3/c1-5-6-11-22-13-16-12-15(7-8-17(16)21-4)18(20)19-10-9-14(2)3/h7-8,12,14H,5-6,9-11,13H2,1-4H3,(H,19,20). The van der Waals surface area contributed by atoms with Crippen molar-refractivity contribution in [1.82, 2.24) is 5.32 Å². The molecule has 4 heteroatoms. The molecule has 0 aromatic heterocycles. The largest absolute Gasteiger partial charge is 0.496 e. The van der Waals surface area contributed by atoms with Crippen molar-refractivity contribution in [2.45, 2.75) is 46.6 Å². The topological polar surface area (TPSA) is 47.6 Å². The zero-order valence-electron chi connectivity index (χ0n) is 14.3. The molecule has 0 bridgehead atoms. The van der Waals surface area contributed by atoms with Gasteiger partial charge in [-0.3, -0.25) is 4.79 Å². The number of hydrogen-bond acceptors (Lipinski definition) is 3. The molecule has 124 valence electrons. The van der Waals surface area contributed by atoms with E-state index in [-0.39, 0.29) is 5.91 Å². The molecule has 0 saturated carbocycles. The van der Waals surface area contributed by atoms with E-state index in [2.05, 4.69) is 26.1 Å². The molecule has 0 aliphatic carbocycles. The van der Waals surface area contributed by atoms with Crippen molar-refractivity contribution >= 4 is 5.91 Å². The lowest BCUT2D eigenvalue weighted by atomic mass is 10.1. The normalized spacial score (nSPS) is 10.8. The summed E-state index contributed by atoms with van der Waals surface area (Å²) in [5, 5.41) is 2.95. The van der Waals surface area contributed by atoms with Gasteiger partial charge in [0, 0.05) is 24.3 Å². The number of benzene rings is 1. The zero-order chi connectivity index (χ0) is 16.4. The minimum absolute atomic E-state index is 0.0434. The molecule has 1 aromatic carbocycles. The van der Waals surface area contributed by atoms with Gasteiger partial charge in [0.15, 0.2) is 0 Å². The van der Waals surface area contributed by atoms with Crippen molar-refractivity contribution in [3.05, 3.63) is 29.3 Å². The third-order valence-electron chi connectivity index (χ3n) is 3.45. The Kier molecular flexibility index (Phi) is 8.60. The van der Waals surface area contributed by atoms with Gasteiger partial charge in [0.25, 0.3) is 5.91 Å². The van der Waals surface area contributed by atoms with Gasteiger partial charge in [0.1, 0.15) is 5.75 Å². The van der Waals surface area contributed by atoms with Crippen molar-refractivity contribution in [2.24, 2.45) is 5.92 Å². The molecule has 1 amide bonds. The Morgan fingerprint density at radius 3 is 2.73 bits per heavy atom. The van der Waals surface area contributed by atoms with Crippen LogP contribution in [0.4, 0.5) is 0 Å². The number of rotatable bonds is 10. The van der Waals surface area contributed by atoms with E-state index < -0.39 is 0 Å². The van der Waals surface area contributed by atoms with Crippen LogP contribution in [0.25, 0.3) is 0 Å². The summed E-state index contributed by atoms with van der Waals surface area (Å²) in [6.45, 7) is 8.31. The molecule has 0 spiro atoms. The van der Waals surface area contributed by atoms with Gasteiger partial charge in [-0.15, -0.1) is 0 Å². The van der Waals surface area contributed by atoms with Crippen LogP contribution in [0.3, 0.4) is 0 Å². The van der Waals surface area contributed by atoms with Crippen LogP contribution in [0.1, 0.15) is 56.0 Å². The summed E-state index contributed by atoms with van der Waals surface area (Å²) in [4.78, 5) is 12.2. The quantitative estimate of drug-likeness (QED) is 0.669. The lowest BCUT2D eigenvalue weighted by molar-refractivity contribution is 0.0951. The first kappa shape index (κ1) is 18.5. The maximum Gasteiger partial charge on any atom is 0.251 e. The molecule has 1 N–H and O–H groups in total. The second-order valence-corrected chi connectivity index (χ2v) is 5.87. The summed E-state index contributed by atoms with van der Waals surface area (Å²) >= 11 is 0. The van der Waals surface area contributed by atoms with E-state index in [1.54, 1.807) is 13.2 Å². The van der Waals surface area contributed by atoms with Crippen LogP contribution < -0.4 is 10.1 Å². The van der Waals surface area contributed by atoms with E-state index in [1.807, 2.05) is 12.1 Å². The Bertz CT molecular complexity index is 458. The SMILES string of the molecule is CCCCOCc1cc(C(=O)NCCC(C)C)ccc1OC. The molecule has 0 saturated heterocycles. The van der Waals surface area contributed by atoms with Crippen molar-refractivity contribution in [3.63, 3.8) is 0 Å². The predicted octanol–water partition coefficient (Wildman–Crippen LogP) is 3.79. The van der Waals surface area contributed by atoms with Crippen molar-refractivity contribution < 1.29 is 14.3 Å². The summed E-state index contributed by atoms with van der Waals surface area (Å²) in [6, 6.07) is 5.48. The predicted molar refractivity (Wildman–Crippen MR) is 89.3 cm³/mol. The van der Waals surface area contributed by atoms with Crippen LogP contribution in [-0.4, -0.2) is 26.2 Å². The van der Waals surface area contributed by atoms with E-state index >= 15 is 0 Å². The first-order chi connectivity index (χ1) is 10.6. The fourth-order valence-electron chi connectivity index (χ4n) is 2.04. The average Bonchev–Trinajstić information content (AvgIpc) is 2.51. The van der Waals surface area contributed by atoms with Crippen LogP contribution in [0.2, 0.25) is 0 Å². The van der Waals surface area contributed by atoms with Gasteiger partial charge >= 0.3 is 0 Å². The molecule has 0 unspecified atom stereocenters. The Labute approximate surface area is 134 Å².